The molecule has 1 fully saturated rings. The van der Waals surface area contributed by atoms with Gasteiger partial charge in [-0.1, -0.05) is 26.2 Å². The van der Waals surface area contributed by atoms with E-state index in [-0.39, 0.29) is 17.5 Å². The molecule has 1 aliphatic carbocycles. The van der Waals surface area contributed by atoms with Crippen molar-refractivity contribution in [2.45, 2.75) is 45.6 Å². The Morgan fingerprint density at radius 1 is 1.16 bits per heavy atom. The maximum Gasteiger partial charge on any atom is 0.119 e. The lowest BCUT2D eigenvalue weighted by molar-refractivity contribution is 0.242. The predicted molar refractivity (Wildman–Crippen MR) is 77.3 cm³/mol. The Labute approximate surface area is 115 Å². The molecule has 3 heteroatoms. The van der Waals surface area contributed by atoms with Crippen molar-refractivity contribution in [2.75, 3.05) is 6.54 Å². The second-order valence-corrected chi connectivity index (χ2v) is 5.93. The summed E-state index contributed by atoms with van der Waals surface area (Å²) < 4.78 is 0. The molecular weight excluding hydrogens is 238 g/mol. The molecule has 2 rings (SSSR count). The number of phenolic OH excluding ortho intramolecular Hbond substituents is 2. The van der Waals surface area contributed by atoms with E-state index in [9.17, 15) is 10.2 Å². The van der Waals surface area contributed by atoms with Gasteiger partial charge in [-0.25, -0.2) is 0 Å². The smallest absolute Gasteiger partial charge is 0.119 e. The van der Waals surface area contributed by atoms with Crippen molar-refractivity contribution in [1.82, 2.24) is 5.32 Å². The third-order valence-electron chi connectivity index (χ3n) is 4.40. The minimum absolute atomic E-state index is 0.120. The minimum Gasteiger partial charge on any atom is -0.508 e. The molecule has 106 valence electrons. The third-order valence-corrected chi connectivity index (χ3v) is 4.40. The van der Waals surface area contributed by atoms with E-state index < -0.39 is 0 Å². The summed E-state index contributed by atoms with van der Waals surface area (Å²) in [5, 5.41) is 22.6. The molecule has 0 aliphatic heterocycles. The zero-order chi connectivity index (χ0) is 13.8. The van der Waals surface area contributed by atoms with Gasteiger partial charge in [0.1, 0.15) is 11.5 Å². The standard InChI is InChI=1S/C16H25NO2/c1-11-5-3-4-6-13(11)10-17-12(2)14-7-15(18)9-16(19)8-14/h7-9,11-13,17-19H,3-6,10H2,1-2H3. The molecule has 3 atom stereocenters. The number of rotatable bonds is 4. The van der Waals surface area contributed by atoms with Crippen molar-refractivity contribution < 1.29 is 10.2 Å². The fourth-order valence-electron chi connectivity index (χ4n) is 3.01. The van der Waals surface area contributed by atoms with Crippen molar-refractivity contribution in [2.24, 2.45) is 11.8 Å². The van der Waals surface area contributed by atoms with E-state index in [4.69, 9.17) is 0 Å². The molecular formula is C16H25NO2. The number of phenols is 2. The summed E-state index contributed by atoms with van der Waals surface area (Å²) in [6.45, 7) is 5.43. The lowest BCUT2D eigenvalue weighted by Crippen LogP contribution is -2.31. The molecule has 0 radical (unpaired) electrons. The molecule has 1 saturated carbocycles. The van der Waals surface area contributed by atoms with E-state index in [2.05, 4.69) is 19.2 Å². The first-order valence-electron chi connectivity index (χ1n) is 7.32. The van der Waals surface area contributed by atoms with Crippen molar-refractivity contribution in [3.63, 3.8) is 0 Å². The van der Waals surface area contributed by atoms with Gasteiger partial charge in [0, 0.05) is 12.1 Å². The fourth-order valence-corrected chi connectivity index (χ4v) is 3.01. The van der Waals surface area contributed by atoms with E-state index in [1.807, 2.05) is 0 Å². The molecule has 3 unspecified atom stereocenters. The highest BCUT2D eigenvalue weighted by molar-refractivity contribution is 5.37. The van der Waals surface area contributed by atoms with Crippen molar-refractivity contribution in [3.8, 4) is 11.5 Å². The third kappa shape index (κ3) is 3.87. The van der Waals surface area contributed by atoms with Crippen LogP contribution in [0.1, 0.15) is 51.1 Å². The molecule has 0 spiro atoms. The van der Waals surface area contributed by atoms with E-state index in [0.717, 1.165) is 23.9 Å². The molecule has 1 aromatic carbocycles. The van der Waals surface area contributed by atoms with Crippen LogP contribution in [-0.4, -0.2) is 16.8 Å². The van der Waals surface area contributed by atoms with Crippen LogP contribution in [0.3, 0.4) is 0 Å². The van der Waals surface area contributed by atoms with Gasteiger partial charge >= 0.3 is 0 Å². The SMILES string of the molecule is CC(NCC1CCCCC1C)c1cc(O)cc(O)c1. The average Bonchev–Trinajstić information content (AvgIpc) is 2.36. The molecule has 3 N–H and O–H groups in total. The van der Waals surface area contributed by atoms with Gasteiger partial charge in [0.2, 0.25) is 0 Å². The number of aromatic hydroxyl groups is 2. The second kappa shape index (κ2) is 6.29. The number of hydrogen-bond acceptors (Lipinski definition) is 3. The van der Waals surface area contributed by atoms with Crippen molar-refractivity contribution in [3.05, 3.63) is 23.8 Å². The van der Waals surface area contributed by atoms with Gasteiger partial charge < -0.3 is 15.5 Å². The Balaban J connectivity index is 1.91. The number of nitrogens with one attached hydrogen (secondary N) is 1. The van der Waals surface area contributed by atoms with Crippen molar-refractivity contribution >= 4 is 0 Å². The largest absolute Gasteiger partial charge is 0.508 e. The van der Waals surface area contributed by atoms with E-state index >= 15 is 0 Å². The highest BCUT2D eigenvalue weighted by Crippen LogP contribution is 2.30. The quantitative estimate of drug-likeness (QED) is 0.778. The lowest BCUT2D eigenvalue weighted by Gasteiger charge is -2.30. The topological polar surface area (TPSA) is 52.5 Å². The summed E-state index contributed by atoms with van der Waals surface area (Å²) >= 11 is 0. The van der Waals surface area contributed by atoms with Crippen LogP contribution in [0.15, 0.2) is 18.2 Å². The van der Waals surface area contributed by atoms with Gasteiger partial charge in [-0.15, -0.1) is 0 Å². The van der Waals surface area contributed by atoms with Crippen LogP contribution in [0, 0.1) is 11.8 Å². The van der Waals surface area contributed by atoms with Gasteiger partial charge in [0.25, 0.3) is 0 Å². The summed E-state index contributed by atoms with van der Waals surface area (Å²) in [4.78, 5) is 0. The maximum atomic E-state index is 9.51. The summed E-state index contributed by atoms with van der Waals surface area (Å²) in [7, 11) is 0. The predicted octanol–water partition coefficient (Wildman–Crippen LogP) is 3.57. The Morgan fingerprint density at radius 2 is 1.79 bits per heavy atom. The molecule has 0 aromatic heterocycles. The van der Waals surface area contributed by atoms with E-state index in [1.54, 1.807) is 12.1 Å². The molecule has 19 heavy (non-hydrogen) atoms. The Kier molecular flexibility index (Phi) is 4.70. The van der Waals surface area contributed by atoms with Crippen LogP contribution < -0.4 is 5.32 Å². The molecule has 0 bridgehead atoms. The minimum atomic E-state index is 0.120. The monoisotopic (exact) mass is 263 g/mol. The van der Waals surface area contributed by atoms with Gasteiger partial charge in [-0.05, 0) is 49.4 Å². The van der Waals surface area contributed by atoms with Crippen LogP contribution in [0.4, 0.5) is 0 Å². The van der Waals surface area contributed by atoms with Gasteiger partial charge in [-0.2, -0.15) is 0 Å². The number of hydrogen-bond donors (Lipinski definition) is 3. The maximum absolute atomic E-state index is 9.51. The second-order valence-electron chi connectivity index (χ2n) is 5.93. The lowest BCUT2D eigenvalue weighted by atomic mass is 9.80. The van der Waals surface area contributed by atoms with E-state index in [0.29, 0.717) is 0 Å². The van der Waals surface area contributed by atoms with Gasteiger partial charge in [-0.3, -0.25) is 0 Å². The molecule has 0 amide bonds. The Hall–Kier alpha value is -1.22. The highest BCUT2D eigenvalue weighted by atomic mass is 16.3. The van der Waals surface area contributed by atoms with Crippen LogP contribution in [0.5, 0.6) is 11.5 Å². The first-order chi connectivity index (χ1) is 9.06. The summed E-state index contributed by atoms with van der Waals surface area (Å²) in [5.41, 5.74) is 0.931. The average molecular weight is 263 g/mol. The first kappa shape index (κ1) is 14.2. The van der Waals surface area contributed by atoms with Crippen molar-refractivity contribution in [1.29, 1.82) is 0 Å². The summed E-state index contributed by atoms with van der Waals surface area (Å²) in [6.07, 6.45) is 5.37. The van der Waals surface area contributed by atoms with Crippen LogP contribution in [0.2, 0.25) is 0 Å². The Bertz CT molecular complexity index is 399. The van der Waals surface area contributed by atoms with Gasteiger partial charge in [0.15, 0.2) is 0 Å². The molecule has 3 nitrogen and oxygen atoms in total. The zero-order valence-corrected chi connectivity index (χ0v) is 11.9. The highest BCUT2D eigenvalue weighted by Gasteiger charge is 2.21. The molecule has 0 heterocycles. The number of benzene rings is 1. The molecule has 0 saturated heterocycles. The first-order valence-corrected chi connectivity index (χ1v) is 7.32. The van der Waals surface area contributed by atoms with Gasteiger partial charge in [0.05, 0.1) is 0 Å². The van der Waals surface area contributed by atoms with E-state index in [1.165, 1.54) is 31.7 Å². The van der Waals surface area contributed by atoms with Crippen LogP contribution in [0.25, 0.3) is 0 Å². The summed E-state index contributed by atoms with van der Waals surface area (Å²) in [6, 6.07) is 4.93. The molecule has 1 aliphatic rings. The Morgan fingerprint density at radius 3 is 2.42 bits per heavy atom. The zero-order valence-electron chi connectivity index (χ0n) is 11.9. The molecule has 1 aromatic rings. The summed E-state index contributed by atoms with van der Waals surface area (Å²) in [5.74, 6) is 1.79. The van der Waals surface area contributed by atoms with Crippen LogP contribution in [-0.2, 0) is 0 Å². The fraction of sp³-hybridized carbons (Fsp3) is 0.625. The normalized spacial score (nSPS) is 25.2. The van der Waals surface area contributed by atoms with Crippen LogP contribution >= 0.6 is 0 Å².